The van der Waals surface area contributed by atoms with Gasteiger partial charge in [-0.15, -0.1) is 12.4 Å². The van der Waals surface area contributed by atoms with Crippen LogP contribution in [0.15, 0.2) is 30.3 Å². The van der Waals surface area contributed by atoms with Crippen LogP contribution in [0.2, 0.25) is 0 Å². The maximum Gasteiger partial charge on any atom is 0.239 e. The molecule has 25 heavy (non-hydrogen) atoms. The SMILES string of the molecule is CCCC(=O)NCC1CCCN(C(=O)[C@@H](N)Cc2ccccc2)C1.Cl. The van der Waals surface area contributed by atoms with E-state index in [1.54, 1.807) is 0 Å². The standard InChI is InChI=1S/C19H29N3O2.ClH/c1-2-7-18(23)21-13-16-10-6-11-22(14-16)19(24)17(20)12-15-8-4-3-5-9-15;/h3-5,8-9,16-17H,2,6-7,10-14,20H2,1H3,(H,21,23);1H/t16?,17-;/m0./s1. The summed E-state index contributed by atoms with van der Waals surface area (Å²) in [6.45, 7) is 4.10. The largest absolute Gasteiger partial charge is 0.356 e. The van der Waals surface area contributed by atoms with E-state index in [2.05, 4.69) is 5.32 Å². The molecule has 2 atom stereocenters. The van der Waals surface area contributed by atoms with Crippen LogP contribution in [-0.4, -0.2) is 42.4 Å². The summed E-state index contributed by atoms with van der Waals surface area (Å²) in [7, 11) is 0. The lowest BCUT2D eigenvalue weighted by atomic mass is 9.96. The summed E-state index contributed by atoms with van der Waals surface area (Å²) in [4.78, 5) is 26.1. The molecule has 0 aromatic heterocycles. The average molecular weight is 368 g/mol. The molecular formula is C19H30ClN3O2. The predicted octanol–water partition coefficient (Wildman–Crippen LogP) is 2.13. The minimum absolute atomic E-state index is 0. The van der Waals surface area contributed by atoms with Gasteiger partial charge >= 0.3 is 0 Å². The Balaban J connectivity index is 0.00000312. The molecule has 6 heteroatoms. The number of nitrogens with one attached hydrogen (secondary N) is 1. The summed E-state index contributed by atoms with van der Waals surface area (Å²) in [6.07, 6.45) is 4.00. The molecule has 1 aliphatic rings. The van der Waals surface area contributed by atoms with E-state index in [4.69, 9.17) is 5.73 Å². The molecule has 2 amide bonds. The van der Waals surface area contributed by atoms with Gasteiger partial charge in [0.1, 0.15) is 0 Å². The third-order valence-corrected chi connectivity index (χ3v) is 4.51. The number of benzene rings is 1. The smallest absolute Gasteiger partial charge is 0.239 e. The molecule has 2 rings (SSSR count). The molecule has 1 unspecified atom stereocenters. The lowest BCUT2D eigenvalue weighted by Crippen LogP contribution is -2.50. The topological polar surface area (TPSA) is 75.4 Å². The molecule has 0 aliphatic carbocycles. The number of carbonyl (C=O) groups excluding carboxylic acids is 2. The van der Waals surface area contributed by atoms with Crippen LogP contribution in [-0.2, 0) is 16.0 Å². The van der Waals surface area contributed by atoms with Gasteiger partial charge in [0.05, 0.1) is 6.04 Å². The van der Waals surface area contributed by atoms with Crippen molar-refractivity contribution < 1.29 is 9.59 Å². The number of amides is 2. The van der Waals surface area contributed by atoms with E-state index < -0.39 is 6.04 Å². The number of nitrogens with two attached hydrogens (primary N) is 1. The van der Waals surface area contributed by atoms with Crippen molar-refractivity contribution in [3.63, 3.8) is 0 Å². The number of piperidine rings is 1. The number of likely N-dealkylation sites (tertiary alicyclic amines) is 1. The summed E-state index contributed by atoms with van der Waals surface area (Å²) in [5.74, 6) is 0.442. The molecule has 3 N–H and O–H groups in total. The summed E-state index contributed by atoms with van der Waals surface area (Å²) in [6, 6.07) is 9.37. The Labute approximate surface area is 156 Å². The summed E-state index contributed by atoms with van der Waals surface area (Å²) in [5, 5.41) is 2.97. The van der Waals surface area contributed by atoms with E-state index in [1.165, 1.54) is 0 Å². The highest BCUT2D eigenvalue weighted by molar-refractivity contribution is 5.85. The summed E-state index contributed by atoms with van der Waals surface area (Å²) >= 11 is 0. The summed E-state index contributed by atoms with van der Waals surface area (Å²) in [5.41, 5.74) is 7.21. The highest BCUT2D eigenvalue weighted by Gasteiger charge is 2.27. The van der Waals surface area contributed by atoms with Crippen molar-refractivity contribution in [2.75, 3.05) is 19.6 Å². The Morgan fingerprint density at radius 3 is 2.72 bits per heavy atom. The first-order valence-corrected chi connectivity index (χ1v) is 8.95. The van der Waals surface area contributed by atoms with Crippen LogP contribution in [0.3, 0.4) is 0 Å². The average Bonchev–Trinajstić information content (AvgIpc) is 2.60. The molecule has 1 fully saturated rings. The second-order valence-electron chi connectivity index (χ2n) is 6.64. The van der Waals surface area contributed by atoms with Crippen LogP contribution in [0.1, 0.15) is 38.2 Å². The molecular weight excluding hydrogens is 338 g/mol. The van der Waals surface area contributed by atoms with E-state index in [0.717, 1.165) is 31.4 Å². The minimum atomic E-state index is -0.499. The Hall–Kier alpha value is -1.59. The predicted molar refractivity (Wildman–Crippen MR) is 103 cm³/mol. The maximum absolute atomic E-state index is 12.6. The van der Waals surface area contributed by atoms with Gasteiger partial charge in [-0.3, -0.25) is 9.59 Å². The van der Waals surface area contributed by atoms with Gasteiger partial charge < -0.3 is 16.0 Å². The van der Waals surface area contributed by atoms with Gasteiger partial charge in [-0.05, 0) is 37.2 Å². The number of hydrogen-bond donors (Lipinski definition) is 2. The first-order valence-electron chi connectivity index (χ1n) is 8.95. The molecule has 0 saturated carbocycles. The molecule has 1 aliphatic heterocycles. The number of carbonyl (C=O) groups is 2. The maximum atomic E-state index is 12.6. The fourth-order valence-electron chi connectivity index (χ4n) is 3.20. The van der Waals surface area contributed by atoms with Crippen LogP contribution in [0.4, 0.5) is 0 Å². The van der Waals surface area contributed by atoms with Crippen LogP contribution < -0.4 is 11.1 Å². The van der Waals surface area contributed by atoms with Gasteiger partial charge in [-0.1, -0.05) is 37.3 Å². The number of hydrogen-bond acceptors (Lipinski definition) is 3. The van der Waals surface area contributed by atoms with Crippen molar-refractivity contribution in [1.82, 2.24) is 10.2 Å². The van der Waals surface area contributed by atoms with E-state index in [9.17, 15) is 9.59 Å². The Bertz CT molecular complexity index is 539. The van der Waals surface area contributed by atoms with Crippen LogP contribution in [0, 0.1) is 5.92 Å². The molecule has 5 nitrogen and oxygen atoms in total. The molecule has 0 bridgehead atoms. The molecule has 140 valence electrons. The molecule has 1 aromatic rings. The quantitative estimate of drug-likeness (QED) is 0.775. The van der Waals surface area contributed by atoms with Crippen molar-refractivity contribution in [1.29, 1.82) is 0 Å². The highest BCUT2D eigenvalue weighted by atomic mass is 35.5. The number of nitrogens with zero attached hydrogens (tertiary/aromatic N) is 1. The van der Waals surface area contributed by atoms with Gasteiger partial charge in [0.2, 0.25) is 11.8 Å². The Morgan fingerprint density at radius 1 is 1.32 bits per heavy atom. The summed E-state index contributed by atoms with van der Waals surface area (Å²) < 4.78 is 0. The molecule has 1 aromatic carbocycles. The van der Waals surface area contributed by atoms with E-state index in [0.29, 0.717) is 31.8 Å². The van der Waals surface area contributed by atoms with Gasteiger partial charge in [0.15, 0.2) is 0 Å². The highest BCUT2D eigenvalue weighted by Crippen LogP contribution is 2.17. The normalized spacial score (nSPS) is 18.2. The molecule has 1 saturated heterocycles. The Kier molecular flexibility index (Phi) is 9.53. The third kappa shape index (κ3) is 7.04. The lowest BCUT2D eigenvalue weighted by Gasteiger charge is -2.34. The van der Waals surface area contributed by atoms with Crippen molar-refractivity contribution in [2.45, 2.75) is 45.1 Å². The molecule has 0 radical (unpaired) electrons. The van der Waals surface area contributed by atoms with Gasteiger partial charge in [-0.2, -0.15) is 0 Å². The number of rotatable bonds is 7. The van der Waals surface area contributed by atoms with E-state index in [-0.39, 0.29) is 24.2 Å². The van der Waals surface area contributed by atoms with Crippen LogP contribution in [0.25, 0.3) is 0 Å². The Morgan fingerprint density at radius 2 is 2.04 bits per heavy atom. The fraction of sp³-hybridized carbons (Fsp3) is 0.579. The first kappa shape index (κ1) is 21.5. The second kappa shape index (κ2) is 11.1. The van der Waals surface area contributed by atoms with Gasteiger partial charge in [0, 0.05) is 26.1 Å². The van der Waals surface area contributed by atoms with Gasteiger partial charge in [-0.25, -0.2) is 0 Å². The second-order valence-corrected chi connectivity index (χ2v) is 6.64. The zero-order valence-corrected chi connectivity index (χ0v) is 15.8. The zero-order chi connectivity index (χ0) is 17.4. The van der Waals surface area contributed by atoms with Crippen molar-refractivity contribution >= 4 is 24.2 Å². The fourth-order valence-corrected chi connectivity index (χ4v) is 3.20. The van der Waals surface area contributed by atoms with Crippen LogP contribution in [0.5, 0.6) is 0 Å². The molecule has 1 heterocycles. The zero-order valence-electron chi connectivity index (χ0n) is 14.9. The van der Waals surface area contributed by atoms with Gasteiger partial charge in [0.25, 0.3) is 0 Å². The number of halogens is 1. The molecule has 0 spiro atoms. The van der Waals surface area contributed by atoms with Crippen molar-refractivity contribution in [3.05, 3.63) is 35.9 Å². The van der Waals surface area contributed by atoms with E-state index >= 15 is 0 Å². The minimum Gasteiger partial charge on any atom is -0.356 e. The van der Waals surface area contributed by atoms with Crippen LogP contribution >= 0.6 is 12.4 Å². The lowest BCUT2D eigenvalue weighted by molar-refractivity contribution is -0.134. The third-order valence-electron chi connectivity index (χ3n) is 4.51. The van der Waals surface area contributed by atoms with Crippen molar-refractivity contribution in [3.8, 4) is 0 Å². The first-order chi connectivity index (χ1) is 11.6. The monoisotopic (exact) mass is 367 g/mol. The van der Waals surface area contributed by atoms with Crippen molar-refractivity contribution in [2.24, 2.45) is 11.7 Å². The van der Waals surface area contributed by atoms with E-state index in [1.807, 2.05) is 42.2 Å².